The molecule has 0 aliphatic carbocycles. The van der Waals surface area contributed by atoms with E-state index in [0.29, 0.717) is 12.0 Å². The Morgan fingerprint density at radius 2 is 1.88 bits per heavy atom. The standard InChI is InChI=1S/C18H15BrClFN2O3/c19-14-5-1-12(2-6-14)9-10-26-18(25)23-22-17(24)8-4-13-3-7-15(21)11-16(13)20/h1-8,11H,9-10H2,(H,22,24)(H,23,25). The molecule has 0 aromatic heterocycles. The molecule has 2 N–H and O–H groups in total. The minimum absolute atomic E-state index is 0.171. The van der Waals surface area contributed by atoms with Crippen molar-refractivity contribution in [3.63, 3.8) is 0 Å². The van der Waals surface area contributed by atoms with Crippen molar-refractivity contribution in [3.8, 4) is 0 Å². The zero-order valence-corrected chi connectivity index (χ0v) is 15.8. The van der Waals surface area contributed by atoms with Gasteiger partial charge in [-0.2, -0.15) is 0 Å². The van der Waals surface area contributed by atoms with Gasteiger partial charge >= 0.3 is 6.09 Å². The van der Waals surface area contributed by atoms with Crippen molar-refractivity contribution < 1.29 is 18.7 Å². The summed E-state index contributed by atoms with van der Waals surface area (Å²) in [6.07, 6.45) is 2.33. The van der Waals surface area contributed by atoms with Gasteiger partial charge in [0.05, 0.1) is 11.6 Å². The molecular formula is C18H15BrClFN2O3. The largest absolute Gasteiger partial charge is 0.448 e. The summed E-state index contributed by atoms with van der Waals surface area (Å²) in [6, 6.07) is 11.4. The molecule has 136 valence electrons. The second kappa shape index (κ2) is 9.94. The van der Waals surface area contributed by atoms with Gasteiger partial charge in [0.1, 0.15) is 5.82 Å². The van der Waals surface area contributed by atoms with E-state index >= 15 is 0 Å². The Morgan fingerprint density at radius 1 is 1.15 bits per heavy atom. The SMILES string of the molecule is O=C(C=Cc1ccc(F)cc1Cl)NNC(=O)OCCc1ccc(Br)cc1. The predicted octanol–water partition coefficient (Wildman–Crippen LogP) is 4.25. The van der Waals surface area contributed by atoms with Gasteiger partial charge in [-0.05, 0) is 41.5 Å². The molecule has 0 heterocycles. The third-order valence-electron chi connectivity index (χ3n) is 3.20. The Labute approximate surface area is 163 Å². The van der Waals surface area contributed by atoms with E-state index in [0.717, 1.165) is 22.2 Å². The molecule has 8 heteroatoms. The number of ether oxygens (including phenoxy) is 1. The van der Waals surface area contributed by atoms with Gasteiger partial charge in [-0.1, -0.05) is 45.7 Å². The minimum atomic E-state index is -0.774. The van der Waals surface area contributed by atoms with Crippen LogP contribution in [0.1, 0.15) is 11.1 Å². The van der Waals surface area contributed by atoms with Gasteiger partial charge in [-0.25, -0.2) is 14.6 Å². The van der Waals surface area contributed by atoms with E-state index in [4.69, 9.17) is 16.3 Å². The summed E-state index contributed by atoms with van der Waals surface area (Å²) in [4.78, 5) is 23.2. The lowest BCUT2D eigenvalue weighted by atomic mass is 10.2. The summed E-state index contributed by atoms with van der Waals surface area (Å²) in [5, 5.41) is 0.175. The highest BCUT2D eigenvalue weighted by Gasteiger charge is 2.04. The molecule has 2 amide bonds. The lowest BCUT2D eigenvalue weighted by Gasteiger charge is -2.07. The van der Waals surface area contributed by atoms with Crippen LogP contribution in [0.5, 0.6) is 0 Å². The summed E-state index contributed by atoms with van der Waals surface area (Å²) in [6.45, 7) is 0.171. The fraction of sp³-hybridized carbons (Fsp3) is 0.111. The maximum atomic E-state index is 12.9. The highest BCUT2D eigenvalue weighted by Crippen LogP contribution is 2.18. The second-order valence-corrected chi connectivity index (χ2v) is 6.45. The topological polar surface area (TPSA) is 67.4 Å². The van der Waals surface area contributed by atoms with Gasteiger partial charge in [0.2, 0.25) is 0 Å². The van der Waals surface area contributed by atoms with Crippen LogP contribution in [0.4, 0.5) is 9.18 Å². The molecule has 0 bridgehead atoms. The van der Waals surface area contributed by atoms with Crippen LogP contribution in [0.3, 0.4) is 0 Å². The Bertz CT molecular complexity index is 813. The number of hydrazine groups is 1. The highest BCUT2D eigenvalue weighted by atomic mass is 79.9. The molecule has 0 aliphatic rings. The van der Waals surface area contributed by atoms with Crippen LogP contribution >= 0.6 is 27.5 Å². The minimum Gasteiger partial charge on any atom is -0.448 e. The van der Waals surface area contributed by atoms with Gasteiger partial charge in [-0.3, -0.25) is 10.2 Å². The molecule has 26 heavy (non-hydrogen) atoms. The molecule has 0 unspecified atom stereocenters. The first kappa shape index (κ1) is 19.9. The lowest BCUT2D eigenvalue weighted by Crippen LogP contribution is -2.41. The first-order chi connectivity index (χ1) is 12.4. The van der Waals surface area contributed by atoms with E-state index < -0.39 is 17.8 Å². The molecule has 0 spiro atoms. The first-order valence-corrected chi connectivity index (χ1v) is 8.71. The van der Waals surface area contributed by atoms with Crippen molar-refractivity contribution in [2.24, 2.45) is 0 Å². The molecule has 2 aromatic carbocycles. The summed E-state index contributed by atoms with van der Waals surface area (Å²) in [5.74, 6) is -1.06. The van der Waals surface area contributed by atoms with E-state index in [-0.39, 0.29) is 11.6 Å². The zero-order valence-electron chi connectivity index (χ0n) is 13.5. The fourth-order valence-corrected chi connectivity index (χ4v) is 2.40. The summed E-state index contributed by atoms with van der Waals surface area (Å²) < 4.78 is 18.9. The number of hydrogen-bond acceptors (Lipinski definition) is 3. The average Bonchev–Trinajstić information content (AvgIpc) is 2.61. The van der Waals surface area contributed by atoms with Crippen LogP contribution in [0.15, 0.2) is 53.0 Å². The smallest absolute Gasteiger partial charge is 0.426 e. The number of hydrogen-bond donors (Lipinski definition) is 2. The molecule has 2 aromatic rings. The third-order valence-corrected chi connectivity index (χ3v) is 4.06. The van der Waals surface area contributed by atoms with Gasteiger partial charge in [0.25, 0.3) is 5.91 Å². The number of carbonyl (C=O) groups excluding carboxylic acids is 2. The van der Waals surface area contributed by atoms with Crippen molar-refractivity contribution in [1.82, 2.24) is 10.9 Å². The van der Waals surface area contributed by atoms with E-state index in [1.54, 1.807) is 0 Å². The number of carbonyl (C=O) groups is 2. The molecule has 0 aliphatic heterocycles. The molecule has 0 saturated carbocycles. The van der Waals surface area contributed by atoms with Crippen LogP contribution in [-0.2, 0) is 16.0 Å². The summed E-state index contributed by atoms with van der Waals surface area (Å²) >= 11 is 9.18. The van der Waals surface area contributed by atoms with Gasteiger partial charge in [0.15, 0.2) is 0 Å². The molecular weight excluding hydrogens is 427 g/mol. The van der Waals surface area contributed by atoms with Crippen molar-refractivity contribution in [1.29, 1.82) is 0 Å². The number of nitrogens with one attached hydrogen (secondary N) is 2. The second-order valence-electron chi connectivity index (χ2n) is 5.13. The Hall–Kier alpha value is -2.38. The number of amides is 2. The third kappa shape index (κ3) is 6.85. The Morgan fingerprint density at radius 3 is 2.58 bits per heavy atom. The van der Waals surface area contributed by atoms with Crippen LogP contribution in [0.25, 0.3) is 6.08 Å². The van der Waals surface area contributed by atoms with Crippen LogP contribution in [0.2, 0.25) is 5.02 Å². The lowest BCUT2D eigenvalue weighted by molar-refractivity contribution is -0.117. The number of benzene rings is 2. The fourth-order valence-electron chi connectivity index (χ4n) is 1.91. The van der Waals surface area contributed by atoms with Crippen molar-refractivity contribution in [2.75, 3.05) is 6.61 Å². The van der Waals surface area contributed by atoms with E-state index in [2.05, 4.69) is 26.8 Å². The quantitative estimate of drug-likeness (QED) is 0.538. The zero-order chi connectivity index (χ0) is 18.9. The molecule has 0 fully saturated rings. The first-order valence-electron chi connectivity index (χ1n) is 7.54. The van der Waals surface area contributed by atoms with Crippen LogP contribution in [-0.4, -0.2) is 18.6 Å². The average molecular weight is 442 g/mol. The molecule has 5 nitrogen and oxygen atoms in total. The normalized spacial score (nSPS) is 10.6. The van der Waals surface area contributed by atoms with E-state index in [9.17, 15) is 14.0 Å². The van der Waals surface area contributed by atoms with E-state index in [1.807, 2.05) is 24.3 Å². The monoisotopic (exact) mass is 440 g/mol. The molecule has 0 atom stereocenters. The van der Waals surface area contributed by atoms with Crippen LogP contribution in [0, 0.1) is 5.82 Å². The maximum Gasteiger partial charge on any atom is 0.426 e. The maximum absolute atomic E-state index is 12.9. The number of halogens is 3. The molecule has 0 radical (unpaired) electrons. The summed E-state index contributed by atoms with van der Waals surface area (Å²) in [5.41, 5.74) is 5.78. The van der Waals surface area contributed by atoms with Crippen molar-refractivity contribution in [2.45, 2.75) is 6.42 Å². The van der Waals surface area contributed by atoms with E-state index in [1.165, 1.54) is 18.2 Å². The van der Waals surface area contributed by atoms with Gasteiger partial charge in [-0.15, -0.1) is 0 Å². The Kier molecular flexibility index (Phi) is 7.62. The van der Waals surface area contributed by atoms with Gasteiger partial charge < -0.3 is 4.74 Å². The predicted molar refractivity (Wildman–Crippen MR) is 101 cm³/mol. The van der Waals surface area contributed by atoms with Crippen molar-refractivity contribution >= 4 is 45.6 Å². The van der Waals surface area contributed by atoms with Crippen LogP contribution < -0.4 is 10.9 Å². The van der Waals surface area contributed by atoms with Crippen molar-refractivity contribution in [3.05, 3.63) is 75.0 Å². The van der Waals surface area contributed by atoms with Gasteiger partial charge in [0, 0.05) is 17.0 Å². The highest BCUT2D eigenvalue weighted by molar-refractivity contribution is 9.10. The summed E-state index contributed by atoms with van der Waals surface area (Å²) in [7, 11) is 0. The number of rotatable bonds is 5. The molecule has 2 rings (SSSR count). The Balaban J connectivity index is 1.70. The molecule has 0 saturated heterocycles.